The van der Waals surface area contributed by atoms with Gasteiger partial charge in [0.2, 0.25) is 0 Å². The number of unbranched alkanes of at least 4 members (excludes halogenated alkanes) is 10. The molecular formula is C19H38CaO4. The van der Waals surface area contributed by atoms with Crippen LogP contribution in [0.15, 0.2) is 0 Å². The van der Waals surface area contributed by atoms with Gasteiger partial charge in [-0.3, -0.25) is 9.59 Å². The molecule has 0 saturated heterocycles. The maximum atomic E-state index is 11.6. The molecule has 5 heteroatoms. The van der Waals surface area contributed by atoms with Gasteiger partial charge in [0.15, 0.2) is 5.41 Å². The second-order valence-corrected chi connectivity index (χ2v) is 6.73. The van der Waals surface area contributed by atoms with Crippen molar-refractivity contribution < 1.29 is 19.8 Å². The standard InChI is InChI=1S/C19H36O4.Ca.2H/c1-3-5-7-9-11-13-15-19(17(20)21,18(22)23)16-14-12-10-8-6-4-2;;;/h3-16H2,1-2H3,(H,20,21)(H,22,23);;;. The molecule has 0 rings (SSSR count). The van der Waals surface area contributed by atoms with Gasteiger partial charge < -0.3 is 10.2 Å². The van der Waals surface area contributed by atoms with Gasteiger partial charge in [-0.05, 0) is 12.8 Å². The van der Waals surface area contributed by atoms with E-state index in [0.29, 0.717) is 12.8 Å². The molecule has 0 saturated carbocycles. The Balaban J connectivity index is 0. The zero-order valence-corrected chi connectivity index (χ0v) is 15.1. The first-order chi connectivity index (χ1) is 11.0. The van der Waals surface area contributed by atoms with Crippen LogP contribution in [-0.4, -0.2) is 59.9 Å². The van der Waals surface area contributed by atoms with Crippen molar-refractivity contribution in [3.05, 3.63) is 0 Å². The molecule has 2 N–H and O–H groups in total. The van der Waals surface area contributed by atoms with Crippen LogP contribution >= 0.6 is 0 Å². The summed E-state index contributed by atoms with van der Waals surface area (Å²) in [5.41, 5.74) is -1.57. The van der Waals surface area contributed by atoms with E-state index in [1.54, 1.807) is 0 Å². The fraction of sp³-hybridized carbons (Fsp3) is 0.895. The van der Waals surface area contributed by atoms with Crippen molar-refractivity contribution in [1.82, 2.24) is 0 Å². The molecule has 140 valence electrons. The van der Waals surface area contributed by atoms with Crippen LogP contribution in [0.5, 0.6) is 0 Å². The first-order valence-electron chi connectivity index (χ1n) is 9.48. The van der Waals surface area contributed by atoms with Crippen molar-refractivity contribution in [3.8, 4) is 0 Å². The number of carboxylic acids is 2. The van der Waals surface area contributed by atoms with Gasteiger partial charge in [0.1, 0.15) is 0 Å². The van der Waals surface area contributed by atoms with E-state index in [2.05, 4.69) is 13.8 Å². The zero-order valence-electron chi connectivity index (χ0n) is 15.1. The summed E-state index contributed by atoms with van der Waals surface area (Å²) in [4.78, 5) is 23.2. The van der Waals surface area contributed by atoms with Crippen LogP contribution in [0.25, 0.3) is 0 Å². The van der Waals surface area contributed by atoms with Gasteiger partial charge >= 0.3 is 49.7 Å². The van der Waals surface area contributed by atoms with Gasteiger partial charge in [-0.25, -0.2) is 0 Å². The Morgan fingerprint density at radius 3 is 1.21 bits per heavy atom. The van der Waals surface area contributed by atoms with E-state index in [1.165, 1.54) is 25.7 Å². The van der Waals surface area contributed by atoms with E-state index in [0.717, 1.165) is 38.5 Å². The predicted molar refractivity (Wildman–Crippen MR) is 102 cm³/mol. The fourth-order valence-corrected chi connectivity index (χ4v) is 3.06. The molecule has 0 unspecified atom stereocenters. The van der Waals surface area contributed by atoms with Crippen LogP contribution in [0.1, 0.15) is 104 Å². The van der Waals surface area contributed by atoms with Gasteiger partial charge in [-0.1, -0.05) is 90.9 Å². The molecule has 0 aliphatic heterocycles. The minimum absolute atomic E-state index is 0. The average molecular weight is 371 g/mol. The number of carbonyl (C=O) groups is 2. The summed E-state index contributed by atoms with van der Waals surface area (Å²) in [5, 5.41) is 19.0. The van der Waals surface area contributed by atoms with E-state index in [9.17, 15) is 19.8 Å². The number of rotatable bonds is 16. The topological polar surface area (TPSA) is 74.6 Å². The molecule has 0 spiro atoms. The summed E-state index contributed by atoms with van der Waals surface area (Å²) in [7, 11) is 0. The maximum absolute atomic E-state index is 11.6. The molecule has 0 aliphatic rings. The van der Waals surface area contributed by atoms with Crippen LogP contribution in [0.4, 0.5) is 0 Å². The predicted octanol–water partition coefficient (Wildman–Crippen LogP) is 4.73. The molecule has 0 atom stereocenters. The Labute approximate surface area is 177 Å². The second-order valence-electron chi connectivity index (χ2n) is 6.73. The normalized spacial score (nSPS) is 11.1. The number of hydrogen-bond donors (Lipinski definition) is 2. The summed E-state index contributed by atoms with van der Waals surface area (Å²) in [6.07, 6.45) is 13.0. The van der Waals surface area contributed by atoms with E-state index < -0.39 is 17.4 Å². The molecule has 4 nitrogen and oxygen atoms in total. The van der Waals surface area contributed by atoms with Crippen molar-refractivity contribution in [2.45, 2.75) is 104 Å². The Morgan fingerprint density at radius 2 is 0.917 bits per heavy atom. The van der Waals surface area contributed by atoms with Gasteiger partial charge in [0.05, 0.1) is 0 Å². The van der Waals surface area contributed by atoms with Crippen molar-refractivity contribution in [3.63, 3.8) is 0 Å². The van der Waals surface area contributed by atoms with Gasteiger partial charge in [-0.15, -0.1) is 0 Å². The Kier molecular flexibility index (Phi) is 18.3. The summed E-state index contributed by atoms with van der Waals surface area (Å²) < 4.78 is 0. The van der Waals surface area contributed by atoms with Gasteiger partial charge in [0.25, 0.3) is 0 Å². The van der Waals surface area contributed by atoms with Crippen LogP contribution < -0.4 is 0 Å². The molecule has 0 fully saturated rings. The number of hydrogen-bond acceptors (Lipinski definition) is 2. The zero-order chi connectivity index (χ0) is 17.6. The molecule has 0 aliphatic carbocycles. The Morgan fingerprint density at radius 1 is 0.625 bits per heavy atom. The fourth-order valence-electron chi connectivity index (χ4n) is 3.06. The third-order valence-electron chi connectivity index (χ3n) is 4.73. The Hall–Kier alpha value is 0.200. The SMILES string of the molecule is CCCCCCCCC(CCCCCCCC)(C(=O)O)C(=O)O.[CaH2]. The van der Waals surface area contributed by atoms with Crippen molar-refractivity contribution in [2.24, 2.45) is 5.41 Å². The molecule has 0 radical (unpaired) electrons. The van der Waals surface area contributed by atoms with E-state index in [4.69, 9.17) is 0 Å². The summed E-state index contributed by atoms with van der Waals surface area (Å²) in [6, 6.07) is 0. The van der Waals surface area contributed by atoms with Crippen LogP contribution in [-0.2, 0) is 9.59 Å². The number of carboxylic acid groups (broad SMARTS) is 2. The van der Waals surface area contributed by atoms with Crippen molar-refractivity contribution in [1.29, 1.82) is 0 Å². The minimum atomic E-state index is -1.57. The summed E-state index contributed by atoms with van der Waals surface area (Å²) in [5.74, 6) is -2.32. The summed E-state index contributed by atoms with van der Waals surface area (Å²) in [6.45, 7) is 4.31. The van der Waals surface area contributed by atoms with E-state index in [1.807, 2.05) is 0 Å². The molecule has 0 heterocycles. The molecule has 0 aromatic carbocycles. The number of aliphatic carboxylic acids is 2. The Bertz CT molecular complexity index is 299. The monoisotopic (exact) mass is 370 g/mol. The van der Waals surface area contributed by atoms with E-state index >= 15 is 0 Å². The van der Waals surface area contributed by atoms with Crippen molar-refractivity contribution in [2.75, 3.05) is 0 Å². The third-order valence-corrected chi connectivity index (χ3v) is 4.73. The first-order valence-corrected chi connectivity index (χ1v) is 9.48. The quantitative estimate of drug-likeness (QED) is 0.234. The second kappa shape index (κ2) is 16.7. The first kappa shape index (κ1) is 26.4. The molecule has 0 amide bonds. The summed E-state index contributed by atoms with van der Waals surface area (Å²) >= 11 is 0. The van der Waals surface area contributed by atoms with Gasteiger partial charge in [-0.2, -0.15) is 0 Å². The van der Waals surface area contributed by atoms with E-state index in [-0.39, 0.29) is 50.6 Å². The van der Waals surface area contributed by atoms with Gasteiger partial charge in [0, 0.05) is 0 Å². The molecular weight excluding hydrogens is 332 g/mol. The average Bonchev–Trinajstić information content (AvgIpc) is 2.51. The van der Waals surface area contributed by atoms with Crippen LogP contribution in [0, 0.1) is 5.41 Å². The van der Waals surface area contributed by atoms with Crippen LogP contribution in [0.2, 0.25) is 0 Å². The molecule has 0 aromatic rings. The van der Waals surface area contributed by atoms with Crippen LogP contribution in [0.3, 0.4) is 0 Å². The molecule has 0 bridgehead atoms. The third kappa shape index (κ3) is 10.9. The molecule has 24 heavy (non-hydrogen) atoms. The molecule has 0 aromatic heterocycles. The van der Waals surface area contributed by atoms with Crippen molar-refractivity contribution >= 4 is 49.7 Å².